The molecule has 4 atom stereocenters. The summed E-state index contributed by atoms with van der Waals surface area (Å²) in [5.74, 6) is -4.73. The van der Waals surface area contributed by atoms with E-state index in [2.05, 4.69) is 5.32 Å². The van der Waals surface area contributed by atoms with Crippen molar-refractivity contribution in [3.05, 3.63) is 81.9 Å². The van der Waals surface area contributed by atoms with Gasteiger partial charge >= 0.3 is 11.9 Å². The number of nitrogens with one attached hydrogen (secondary N) is 1. The Balaban J connectivity index is 1.54. The molecule has 0 bridgehead atoms. The summed E-state index contributed by atoms with van der Waals surface area (Å²) in [4.78, 5) is 25.1. The number of benzene rings is 3. The third-order valence-electron chi connectivity index (χ3n) is 8.57. The Morgan fingerprint density at radius 1 is 1.12 bits per heavy atom. The van der Waals surface area contributed by atoms with E-state index in [9.17, 15) is 14.7 Å². The monoisotopic (exact) mass is 701 g/mol. The van der Waals surface area contributed by atoms with Gasteiger partial charge in [0, 0.05) is 41.8 Å². The number of hydrogen-bond donors (Lipinski definition) is 2. The van der Waals surface area contributed by atoms with Gasteiger partial charge in [-0.15, -0.1) is 0 Å². The Morgan fingerprint density at radius 3 is 2.51 bits per heavy atom. The van der Waals surface area contributed by atoms with Gasteiger partial charge in [-0.25, -0.2) is 13.6 Å². The van der Waals surface area contributed by atoms with E-state index in [0.29, 0.717) is 17.7 Å². The van der Waals surface area contributed by atoms with Crippen molar-refractivity contribution in [2.45, 2.75) is 83.4 Å². The number of carboxylic acid groups (broad SMARTS) is 1. The quantitative estimate of drug-likeness (QED) is 0.184. The molecule has 0 aliphatic carbocycles. The predicted octanol–water partition coefficient (Wildman–Crippen LogP) is 7.62. The van der Waals surface area contributed by atoms with Crippen molar-refractivity contribution < 1.29 is 47.2 Å². The summed E-state index contributed by atoms with van der Waals surface area (Å²) in [6.45, 7) is 9.31. The van der Waals surface area contributed by atoms with E-state index in [1.807, 2.05) is 30.3 Å². The fourth-order valence-corrected chi connectivity index (χ4v) is 6.61. The minimum Gasteiger partial charge on any atom is -0.488 e. The van der Waals surface area contributed by atoms with Crippen LogP contribution in [0.1, 0.15) is 81.3 Å². The molecule has 0 amide bonds. The van der Waals surface area contributed by atoms with Crippen LogP contribution in [0.15, 0.2) is 48.5 Å². The average molecular weight is 702 g/mol. The normalized spacial score (nSPS) is 21.1. The first-order valence-corrected chi connectivity index (χ1v) is 16.7. The summed E-state index contributed by atoms with van der Waals surface area (Å²) in [6.07, 6.45) is 1.81. The van der Waals surface area contributed by atoms with E-state index in [0.717, 1.165) is 25.3 Å². The number of ether oxygens (including phenoxy) is 5. The van der Waals surface area contributed by atoms with Crippen molar-refractivity contribution in [3.63, 3.8) is 0 Å². The highest BCUT2D eigenvalue weighted by atomic mass is 35.5. The number of fused-ring (bicyclic) bond motifs is 1. The molecule has 2 aliphatic rings. The van der Waals surface area contributed by atoms with Crippen LogP contribution >= 0.6 is 11.6 Å². The zero-order valence-electron chi connectivity index (χ0n) is 28.2. The summed E-state index contributed by atoms with van der Waals surface area (Å²) in [5, 5.41) is 12.8. The average Bonchev–Trinajstić information content (AvgIpc) is 3.32. The van der Waals surface area contributed by atoms with Crippen LogP contribution in [0.25, 0.3) is 11.1 Å². The Hall–Kier alpha value is -3.77. The Morgan fingerprint density at radius 2 is 1.86 bits per heavy atom. The van der Waals surface area contributed by atoms with Crippen molar-refractivity contribution in [2.24, 2.45) is 0 Å². The van der Waals surface area contributed by atoms with Crippen molar-refractivity contribution in [1.82, 2.24) is 5.32 Å². The molecule has 12 heteroatoms. The van der Waals surface area contributed by atoms with Gasteiger partial charge in [0.1, 0.15) is 23.8 Å². The Labute approximate surface area is 289 Å². The Bertz CT molecular complexity index is 1680. The van der Waals surface area contributed by atoms with Crippen LogP contribution in [0.4, 0.5) is 8.78 Å². The number of hydrogen-bond acceptors (Lipinski definition) is 8. The molecule has 2 unspecified atom stereocenters. The lowest BCUT2D eigenvalue weighted by Gasteiger charge is -2.34. The van der Waals surface area contributed by atoms with Gasteiger partial charge in [0.2, 0.25) is 0 Å². The molecule has 9 nitrogen and oxygen atoms in total. The van der Waals surface area contributed by atoms with Crippen LogP contribution in [0.5, 0.6) is 11.5 Å². The van der Waals surface area contributed by atoms with Crippen LogP contribution in [0, 0.1) is 11.6 Å². The lowest BCUT2D eigenvalue weighted by atomic mass is 9.77. The third kappa shape index (κ3) is 8.01. The highest BCUT2D eigenvalue weighted by molar-refractivity contribution is 6.34. The van der Waals surface area contributed by atoms with E-state index in [-0.39, 0.29) is 43.0 Å². The molecule has 1 fully saturated rings. The van der Waals surface area contributed by atoms with E-state index < -0.39 is 62.9 Å². The summed E-state index contributed by atoms with van der Waals surface area (Å²) in [7, 11) is 0. The standard InChI is InChI=1S/C37H42ClF2NO8/c1-21(47-29-13-9-10-16-45-29)19-46-26-15-14-24(35(43)44)31(34(26)40)32-30-22(2)37(23-11-7-6-8-12-23,48-27(30)17-25(39)33(32)38)20-41-18-28(42)49-36(3,4)5/h6-8,11-12,14-15,17,21-22,29,41H,9-10,13,16,18-20H2,1-5H3,(H,43,44)/t21-,22?,29-,37?/m0/s1. The van der Waals surface area contributed by atoms with Crippen LogP contribution < -0.4 is 14.8 Å². The molecule has 1 saturated heterocycles. The second kappa shape index (κ2) is 15.0. The second-order valence-corrected chi connectivity index (χ2v) is 13.8. The molecule has 49 heavy (non-hydrogen) atoms. The predicted molar refractivity (Wildman–Crippen MR) is 179 cm³/mol. The summed E-state index contributed by atoms with van der Waals surface area (Å²) < 4.78 is 61.5. The fourth-order valence-electron chi connectivity index (χ4n) is 6.36. The van der Waals surface area contributed by atoms with Crippen molar-refractivity contribution in [2.75, 3.05) is 26.3 Å². The van der Waals surface area contributed by atoms with Gasteiger partial charge in [-0.2, -0.15) is 0 Å². The van der Waals surface area contributed by atoms with Crippen LogP contribution in [-0.2, 0) is 24.6 Å². The number of esters is 1. The summed E-state index contributed by atoms with van der Waals surface area (Å²) in [5.41, 5.74) is -1.97. The van der Waals surface area contributed by atoms with Crippen molar-refractivity contribution >= 4 is 23.5 Å². The van der Waals surface area contributed by atoms with E-state index in [1.165, 1.54) is 12.1 Å². The van der Waals surface area contributed by atoms with E-state index >= 15 is 8.78 Å². The fraction of sp³-hybridized carbons (Fsp3) is 0.459. The zero-order valence-corrected chi connectivity index (χ0v) is 29.0. The zero-order chi connectivity index (χ0) is 35.5. The molecule has 2 heterocycles. The van der Waals surface area contributed by atoms with Crippen molar-refractivity contribution in [1.29, 1.82) is 0 Å². The molecular formula is C37H42ClF2NO8. The SMILES string of the molecule is CC1c2c(cc(F)c(Cl)c2-c2c(C(=O)O)ccc(OC[C@H](C)O[C@H]3CCCCO3)c2F)OC1(CNCC(=O)OC(C)(C)C)c1ccccc1. The number of rotatable bonds is 12. The maximum absolute atomic E-state index is 16.6. The van der Waals surface area contributed by atoms with Crippen LogP contribution in [0.3, 0.4) is 0 Å². The lowest BCUT2D eigenvalue weighted by molar-refractivity contribution is -0.189. The smallest absolute Gasteiger partial charge is 0.336 e. The first-order valence-electron chi connectivity index (χ1n) is 16.4. The third-order valence-corrected chi connectivity index (χ3v) is 8.94. The first kappa shape index (κ1) is 36.5. The summed E-state index contributed by atoms with van der Waals surface area (Å²) >= 11 is 6.62. The molecule has 3 aromatic carbocycles. The van der Waals surface area contributed by atoms with Gasteiger partial charge in [0.15, 0.2) is 23.5 Å². The lowest BCUT2D eigenvalue weighted by Crippen LogP contribution is -2.46. The second-order valence-electron chi connectivity index (χ2n) is 13.4. The highest BCUT2D eigenvalue weighted by Gasteiger charge is 2.50. The minimum atomic E-state index is -1.44. The summed E-state index contributed by atoms with van der Waals surface area (Å²) in [6, 6.07) is 12.6. The van der Waals surface area contributed by atoms with E-state index in [1.54, 1.807) is 34.6 Å². The van der Waals surface area contributed by atoms with Crippen LogP contribution in [0.2, 0.25) is 5.02 Å². The largest absolute Gasteiger partial charge is 0.488 e. The molecular weight excluding hydrogens is 660 g/mol. The van der Waals surface area contributed by atoms with Gasteiger partial charge in [-0.1, -0.05) is 48.9 Å². The minimum absolute atomic E-state index is 0.0580. The van der Waals surface area contributed by atoms with E-state index in [4.69, 9.17) is 35.3 Å². The number of halogens is 3. The highest BCUT2D eigenvalue weighted by Crippen LogP contribution is 2.56. The van der Waals surface area contributed by atoms with Crippen LogP contribution in [-0.4, -0.2) is 61.3 Å². The van der Waals surface area contributed by atoms with Crippen molar-refractivity contribution in [3.8, 4) is 22.6 Å². The van der Waals surface area contributed by atoms with Gasteiger partial charge in [-0.3, -0.25) is 4.79 Å². The van der Waals surface area contributed by atoms with Gasteiger partial charge in [-0.05, 0) is 64.7 Å². The molecule has 264 valence electrons. The number of carbonyl (C=O) groups is 2. The molecule has 3 aromatic rings. The number of carboxylic acids is 1. The van der Waals surface area contributed by atoms with Gasteiger partial charge in [0.25, 0.3) is 0 Å². The maximum atomic E-state index is 16.6. The van der Waals surface area contributed by atoms with Gasteiger partial charge in [0.05, 0.1) is 23.2 Å². The maximum Gasteiger partial charge on any atom is 0.336 e. The number of aromatic carboxylic acids is 1. The molecule has 0 aromatic heterocycles. The Kier molecular flexibility index (Phi) is 11.2. The first-order chi connectivity index (χ1) is 23.2. The molecule has 5 rings (SSSR count). The topological polar surface area (TPSA) is 113 Å². The molecule has 0 spiro atoms. The molecule has 0 radical (unpaired) electrons. The molecule has 2 N–H and O–H groups in total. The molecule has 0 saturated carbocycles. The number of carbonyl (C=O) groups excluding carboxylic acids is 1. The molecule has 2 aliphatic heterocycles. The van der Waals surface area contributed by atoms with Gasteiger partial charge < -0.3 is 34.1 Å².